The molecule has 0 saturated heterocycles. The van der Waals surface area contributed by atoms with Gasteiger partial charge in [-0.3, -0.25) is 0 Å². The first-order valence-corrected chi connectivity index (χ1v) is 9.06. The number of benzene rings is 1. The Kier molecular flexibility index (Phi) is 7.28. The molecule has 2 N–H and O–H groups in total. The molecular weight excluding hydrogens is 310 g/mol. The Morgan fingerprint density at radius 1 is 1.08 bits per heavy atom. The lowest BCUT2D eigenvalue weighted by Gasteiger charge is -2.10. The van der Waals surface area contributed by atoms with Crippen LogP contribution in [-0.2, 0) is 0 Å². The Morgan fingerprint density at radius 3 is 2.44 bits per heavy atom. The Hall–Kier alpha value is -2.54. The molecule has 0 fully saturated rings. The van der Waals surface area contributed by atoms with Gasteiger partial charge in [0.1, 0.15) is 23.2 Å². The molecule has 0 atom stereocenters. The van der Waals surface area contributed by atoms with Crippen LogP contribution in [0.5, 0.6) is 5.75 Å². The van der Waals surface area contributed by atoms with Gasteiger partial charge in [-0.05, 0) is 37.1 Å². The Bertz CT molecular complexity index is 717. The van der Waals surface area contributed by atoms with Gasteiger partial charge in [-0.15, -0.1) is 0 Å². The zero-order valence-electron chi connectivity index (χ0n) is 15.2. The summed E-state index contributed by atoms with van der Waals surface area (Å²) in [4.78, 5) is 4.16. The SMILES string of the molecule is CCCCCCCCOc1ccc(-c2cc(C)nc(N)c2C#N)cc1. The van der Waals surface area contributed by atoms with E-state index in [2.05, 4.69) is 18.0 Å². The largest absolute Gasteiger partial charge is 0.494 e. The van der Waals surface area contributed by atoms with Crippen LogP contribution in [0.15, 0.2) is 30.3 Å². The molecule has 2 rings (SSSR count). The number of anilines is 1. The van der Waals surface area contributed by atoms with Crippen molar-refractivity contribution < 1.29 is 4.74 Å². The van der Waals surface area contributed by atoms with Crippen molar-refractivity contribution in [2.24, 2.45) is 0 Å². The zero-order valence-corrected chi connectivity index (χ0v) is 15.2. The van der Waals surface area contributed by atoms with Crippen LogP contribution in [0, 0.1) is 18.3 Å². The average molecular weight is 337 g/mol. The quantitative estimate of drug-likeness (QED) is 0.634. The summed E-state index contributed by atoms with van der Waals surface area (Å²) in [5.74, 6) is 1.13. The number of ether oxygens (including phenoxy) is 1. The van der Waals surface area contributed by atoms with E-state index in [1.54, 1.807) is 0 Å². The fourth-order valence-electron chi connectivity index (χ4n) is 2.85. The molecule has 0 radical (unpaired) electrons. The molecule has 0 spiro atoms. The van der Waals surface area contributed by atoms with E-state index in [0.717, 1.165) is 35.6 Å². The first-order chi connectivity index (χ1) is 12.2. The van der Waals surface area contributed by atoms with Crippen molar-refractivity contribution in [1.29, 1.82) is 5.26 Å². The number of hydrogen-bond acceptors (Lipinski definition) is 4. The minimum atomic E-state index is 0.279. The predicted octanol–water partition coefficient (Wildman–Crippen LogP) is 5.25. The Morgan fingerprint density at radius 2 is 1.76 bits per heavy atom. The number of unbranched alkanes of at least 4 members (excludes halogenated alkanes) is 5. The highest BCUT2D eigenvalue weighted by Crippen LogP contribution is 2.28. The van der Waals surface area contributed by atoms with E-state index >= 15 is 0 Å². The van der Waals surface area contributed by atoms with Crippen molar-refractivity contribution in [3.63, 3.8) is 0 Å². The molecule has 2 aromatic rings. The molecule has 0 unspecified atom stereocenters. The summed E-state index contributed by atoms with van der Waals surface area (Å²) in [6.45, 7) is 4.85. The minimum absolute atomic E-state index is 0.279. The fourth-order valence-corrected chi connectivity index (χ4v) is 2.85. The van der Waals surface area contributed by atoms with Crippen molar-refractivity contribution in [2.45, 2.75) is 52.4 Å². The molecule has 4 nitrogen and oxygen atoms in total. The minimum Gasteiger partial charge on any atom is -0.494 e. The van der Waals surface area contributed by atoms with Crippen LogP contribution >= 0.6 is 0 Å². The summed E-state index contributed by atoms with van der Waals surface area (Å²) in [5, 5.41) is 9.33. The summed E-state index contributed by atoms with van der Waals surface area (Å²) in [6.07, 6.45) is 7.52. The number of nitrogens with zero attached hydrogens (tertiary/aromatic N) is 2. The number of aryl methyl sites for hydroxylation is 1. The normalized spacial score (nSPS) is 10.4. The second kappa shape index (κ2) is 9.68. The number of hydrogen-bond donors (Lipinski definition) is 1. The summed E-state index contributed by atoms with van der Waals surface area (Å²) in [6, 6.07) is 11.9. The molecule has 0 aliphatic carbocycles. The summed E-state index contributed by atoms with van der Waals surface area (Å²) in [5.41, 5.74) is 8.85. The molecule has 132 valence electrons. The van der Waals surface area contributed by atoms with Crippen LogP contribution < -0.4 is 10.5 Å². The lowest BCUT2D eigenvalue weighted by atomic mass is 10.0. The topological polar surface area (TPSA) is 71.9 Å². The van der Waals surface area contributed by atoms with Crippen LogP contribution in [0.2, 0.25) is 0 Å². The van der Waals surface area contributed by atoms with E-state index in [-0.39, 0.29) is 5.82 Å². The molecule has 0 bridgehead atoms. The van der Waals surface area contributed by atoms with Gasteiger partial charge in [0, 0.05) is 11.3 Å². The van der Waals surface area contributed by atoms with E-state index in [0.29, 0.717) is 5.56 Å². The average Bonchev–Trinajstić information content (AvgIpc) is 2.61. The van der Waals surface area contributed by atoms with Crippen LogP contribution in [0.4, 0.5) is 5.82 Å². The highest BCUT2D eigenvalue weighted by atomic mass is 16.5. The van der Waals surface area contributed by atoms with Crippen molar-refractivity contribution in [3.05, 3.63) is 41.6 Å². The third-order valence-electron chi connectivity index (χ3n) is 4.22. The number of pyridine rings is 1. The van der Waals surface area contributed by atoms with Crippen molar-refractivity contribution in [3.8, 4) is 22.9 Å². The molecule has 25 heavy (non-hydrogen) atoms. The second-order valence-corrected chi connectivity index (χ2v) is 6.32. The summed E-state index contributed by atoms with van der Waals surface area (Å²) in [7, 11) is 0. The first-order valence-electron chi connectivity index (χ1n) is 9.06. The monoisotopic (exact) mass is 337 g/mol. The molecular formula is C21H27N3O. The van der Waals surface area contributed by atoms with E-state index in [9.17, 15) is 5.26 Å². The molecule has 0 aliphatic heterocycles. The third kappa shape index (κ3) is 5.49. The summed E-state index contributed by atoms with van der Waals surface area (Å²) >= 11 is 0. The number of nitriles is 1. The standard InChI is InChI=1S/C21H27N3O/c1-3-4-5-6-7-8-13-25-18-11-9-17(10-12-18)19-14-16(2)24-21(23)20(19)15-22/h9-12,14H,3-8,13H2,1-2H3,(H2,23,24). The molecule has 4 heteroatoms. The first kappa shape index (κ1) is 18.8. The maximum absolute atomic E-state index is 9.33. The maximum Gasteiger partial charge on any atom is 0.142 e. The predicted molar refractivity (Wildman–Crippen MR) is 102 cm³/mol. The van der Waals surface area contributed by atoms with Gasteiger partial charge in [0.25, 0.3) is 0 Å². The second-order valence-electron chi connectivity index (χ2n) is 6.32. The van der Waals surface area contributed by atoms with Gasteiger partial charge in [-0.1, -0.05) is 51.2 Å². The Balaban J connectivity index is 1.94. The summed E-state index contributed by atoms with van der Waals surface area (Å²) < 4.78 is 5.81. The van der Waals surface area contributed by atoms with Crippen LogP contribution in [-0.4, -0.2) is 11.6 Å². The van der Waals surface area contributed by atoms with Crippen molar-refractivity contribution in [2.75, 3.05) is 12.3 Å². The molecule has 0 aliphatic rings. The van der Waals surface area contributed by atoms with Gasteiger partial charge < -0.3 is 10.5 Å². The van der Waals surface area contributed by atoms with Crippen molar-refractivity contribution >= 4 is 5.82 Å². The van der Waals surface area contributed by atoms with Crippen LogP contribution in [0.25, 0.3) is 11.1 Å². The van der Waals surface area contributed by atoms with E-state index in [1.807, 2.05) is 37.3 Å². The Labute approximate surface area is 150 Å². The van der Waals surface area contributed by atoms with E-state index in [4.69, 9.17) is 10.5 Å². The van der Waals surface area contributed by atoms with E-state index < -0.39 is 0 Å². The lowest BCUT2D eigenvalue weighted by Crippen LogP contribution is -2.00. The van der Waals surface area contributed by atoms with Gasteiger partial charge in [0.05, 0.1) is 6.61 Å². The molecule has 0 amide bonds. The zero-order chi connectivity index (χ0) is 18.1. The molecule has 0 saturated carbocycles. The highest BCUT2D eigenvalue weighted by molar-refractivity contribution is 5.75. The smallest absolute Gasteiger partial charge is 0.142 e. The maximum atomic E-state index is 9.33. The van der Waals surface area contributed by atoms with E-state index in [1.165, 1.54) is 32.1 Å². The van der Waals surface area contributed by atoms with Gasteiger partial charge in [-0.2, -0.15) is 5.26 Å². The lowest BCUT2D eigenvalue weighted by molar-refractivity contribution is 0.304. The fraction of sp³-hybridized carbons (Fsp3) is 0.429. The third-order valence-corrected chi connectivity index (χ3v) is 4.22. The van der Waals surface area contributed by atoms with Gasteiger partial charge in [0.15, 0.2) is 0 Å². The van der Waals surface area contributed by atoms with Gasteiger partial charge in [-0.25, -0.2) is 4.98 Å². The molecule has 1 aromatic carbocycles. The highest BCUT2D eigenvalue weighted by Gasteiger charge is 2.11. The number of nitrogen functional groups attached to an aromatic ring is 1. The van der Waals surface area contributed by atoms with Crippen LogP contribution in [0.3, 0.4) is 0 Å². The molecule has 1 aromatic heterocycles. The number of aromatic nitrogens is 1. The number of nitrogens with two attached hydrogens (primary N) is 1. The van der Waals surface area contributed by atoms with Gasteiger partial charge in [0.2, 0.25) is 0 Å². The van der Waals surface area contributed by atoms with Crippen LogP contribution in [0.1, 0.15) is 56.7 Å². The molecule has 1 heterocycles. The van der Waals surface area contributed by atoms with Gasteiger partial charge >= 0.3 is 0 Å². The number of rotatable bonds is 9. The van der Waals surface area contributed by atoms with Crippen molar-refractivity contribution in [1.82, 2.24) is 4.98 Å².